The highest BCUT2D eigenvalue weighted by molar-refractivity contribution is 5.79. The first kappa shape index (κ1) is 12.3. The number of imidazole rings is 1. The van der Waals surface area contributed by atoms with Crippen LogP contribution in [0.4, 0.5) is 14.7 Å². The van der Waals surface area contributed by atoms with Gasteiger partial charge in [0.1, 0.15) is 5.52 Å². The van der Waals surface area contributed by atoms with Crippen molar-refractivity contribution in [2.75, 3.05) is 12.8 Å². The number of nitrogens with two attached hydrogens (primary N) is 1. The van der Waals surface area contributed by atoms with Gasteiger partial charge < -0.3 is 15.0 Å². The summed E-state index contributed by atoms with van der Waals surface area (Å²) in [6.07, 6.45) is 0.00210. The Morgan fingerprint density at radius 1 is 1.50 bits per heavy atom. The molecule has 0 spiro atoms. The van der Waals surface area contributed by atoms with Crippen molar-refractivity contribution in [2.24, 2.45) is 0 Å². The molecule has 1 aromatic heterocycles. The molecular formula is C11H11F2N3O2. The van der Waals surface area contributed by atoms with Gasteiger partial charge in [0, 0.05) is 6.54 Å². The predicted octanol–water partition coefficient (Wildman–Crippen LogP) is 1.46. The monoisotopic (exact) mass is 255 g/mol. The molecule has 0 saturated carbocycles. The molecule has 0 amide bonds. The van der Waals surface area contributed by atoms with E-state index >= 15 is 0 Å². The Morgan fingerprint density at radius 2 is 2.22 bits per heavy atom. The topological polar surface area (TPSA) is 70.1 Å². The fourth-order valence-electron chi connectivity index (χ4n) is 1.71. The number of nitrogens with zero attached hydrogens (tertiary/aromatic N) is 2. The van der Waals surface area contributed by atoms with Crippen LogP contribution in [-0.2, 0) is 16.1 Å². The lowest BCUT2D eigenvalue weighted by atomic mass is 10.3. The third-order valence-electron chi connectivity index (χ3n) is 2.60. The number of aromatic nitrogens is 2. The molecule has 7 heteroatoms. The summed E-state index contributed by atoms with van der Waals surface area (Å²) in [4.78, 5) is 14.9. The summed E-state index contributed by atoms with van der Waals surface area (Å²) in [6.45, 7) is 0.0787. The largest absolute Gasteiger partial charge is 0.469 e. The molecule has 0 aliphatic rings. The van der Waals surface area contributed by atoms with Crippen LogP contribution in [0.25, 0.3) is 11.0 Å². The number of hydrogen-bond acceptors (Lipinski definition) is 4. The summed E-state index contributed by atoms with van der Waals surface area (Å²) in [5.41, 5.74) is 5.81. The predicted molar refractivity (Wildman–Crippen MR) is 60.7 cm³/mol. The van der Waals surface area contributed by atoms with Gasteiger partial charge in [-0.2, -0.15) is 0 Å². The molecule has 2 rings (SSSR count). The summed E-state index contributed by atoms with van der Waals surface area (Å²) < 4.78 is 32.6. The molecule has 0 fully saturated rings. The third-order valence-corrected chi connectivity index (χ3v) is 2.60. The number of anilines is 1. The van der Waals surface area contributed by atoms with E-state index in [1.54, 1.807) is 0 Å². The van der Waals surface area contributed by atoms with E-state index < -0.39 is 17.6 Å². The smallest absolute Gasteiger partial charge is 0.307 e. The molecule has 0 unspecified atom stereocenters. The van der Waals surface area contributed by atoms with Gasteiger partial charge in [-0.1, -0.05) is 0 Å². The van der Waals surface area contributed by atoms with Crippen LogP contribution in [-0.4, -0.2) is 22.6 Å². The van der Waals surface area contributed by atoms with Gasteiger partial charge in [0.2, 0.25) is 5.95 Å². The second-order valence-corrected chi connectivity index (χ2v) is 3.68. The van der Waals surface area contributed by atoms with Gasteiger partial charge in [-0.3, -0.25) is 4.79 Å². The molecule has 18 heavy (non-hydrogen) atoms. The molecule has 2 aromatic rings. The van der Waals surface area contributed by atoms with Gasteiger partial charge in [-0.05, 0) is 12.1 Å². The number of ether oxygens (including phenoxy) is 1. The van der Waals surface area contributed by atoms with E-state index in [4.69, 9.17) is 5.73 Å². The molecule has 0 aliphatic carbocycles. The lowest BCUT2D eigenvalue weighted by Gasteiger charge is -2.06. The Morgan fingerprint density at radius 3 is 2.89 bits per heavy atom. The zero-order valence-electron chi connectivity index (χ0n) is 9.61. The fraction of sp³-hybridized carbons (Fsp3) is 0.273. The van der Waals surface area contributed by atoms with Crippen molar-refractivity contribution in [3.8, 4) is 0 Å². The molecule has 5 nitrogen and oxygen atoms in total. The Balaban J connectivity index is 2.45. The minimum Gasteiger partial charge on any atom is -0.469 e. The van der Waals surface area contributed by atoms with Crippen LogP contribution in [0.2, 0.25) is 0 Å². The van der Waals surface area contributed by atoms with Gasteiger partial charge in [0.05, 0.1) is 19.0 Å². The zero-order chi connectivity index (χ0) is 13.3. The maximum atomic E-state index is 13.7. The Bertz CT molecular complexity index is 610. The first-order valence-corrected chi connectivity index (χ1v) is 5.21. The standard InChI is InChI=1S/C11H11F2N3O2/c1-18-8(17)4-5-16-10-7(15-11(16)14)3-2-6(12)9(10)13/h2-3H,4-5H2,1H3,(H2,14,15). The van der Waals surface area contributed by atoms with Crippen molar-refractivity contribution >= 4 is 23.0 Å². The maximum absolute atomic E-state index is 13.7. The van der Waals surface area contributed by atoms with Crippen LogP contribution in [0.3, 0.4) is 0 Å². The number of aryl methyl sites for hydroxylation is 1. The number of methoxy groups -OCH3 is 1. The normalized spacial score (nSPS) is 10.8. The number of halogens is 2. The number of nitrogen functional groups attached to an aromatic ring is 1. The van der Waals surface area contributed by atoms with E-state index in [-0.39, 0.29) is 29.9 Å². The number of fused-ring (bicyclic) bond motifs is 1. The van der Waals surface area contributed by atoms with Crippen molar-refractivity contribution in [3.05, 3.63) is 23.8 Å². The van der Waals surface area contributed by atoms with E-state index in [9.17, 15) is 13.6 Å². The van der Waals surface area contributed by atoms with Crippen LogP contribution < -0.4 is 5.73 Å². The highest BCUT2D eigenvalue weighted by Gasteiger charge is 2.16. The highest BCUT2D eigenvalue weighted by Crippen LogP contribution is 2.23. The van der Waals surface area contributed by atoms with Crippen LogP contribution in [0.1, 0.15) is 6.42 Å². The highest BCUT2D eigenvalue weighted by atomic mass is 19.2. The lowest BCUT2D eigenvalue weighted by molar-refractivity contribution is -0.140. The number of hydrogen-bond donors (Lipinski definition) is 1. The van der Waals surface area contributed by atoms with Crippen molar-refractivity contribution in [1.29, 1.82) is 0 Å². The second kappa shape index (κ2) is 4.59. The first-order chi connectivity index (χ1) is 8.54. The van der Waals surface area contributed by atoms with E-state index in [0.29, 0.717) is 0 Å². The van der Waals surface area contributed by atoms with Crippen molar-refractivity contribution in [2.45, 2.75) is 13.0 Å². The van der Waals surface area contributed by atoms with Gasteiger partial charge in [-0.15, -0.1) is 0 Å². The van der Waals surface area contributed by atoms with Gasteiger partial charge in [-0.25, -0.2) is 13.8 Å². The van der Waals surface area contributed by atoms with E-state index in [0.717, 1.165) is 6.07 Å². The first-order valence-electron chi connectivity index (χ1n) is 5.21. The van der Waals surface area contributed by atoms with Crippen molar-refractivity contribution in [1.82, 2.24) is 9.55 Å². The Kier molecular flexibility index (Phi) is 3.14. The summed E-state index contributed by atoms with van der Waals surface area (Å²) in [6, 6.07) is 2.31. The molecule has 0 bridgehead atoms. The van der Waals surface area contributed by atoms with Gasteiger partial charge in [0.15, 0.2) is 11.6 Å². The number of carbonyl (C=O) groups is 1. The quantitative estimate of drug-likeness (QED) is 0.843. The Labute approximate surface area is 101 Å². The number of carbonyl (C=O) groups excluding carboxylic acids is 1. The number of benzene rings is 1. The van der Waals surface area contributed by atoms with Crippen molar-refractivity contribution in [3.63, 3.8) is 0 Å². The van der Waals surface area contributed by atoms with Crippen LogP contribution in [0, 0.1) is 11.6 Å². The molecule has 1 heterocycles. The lowest BCUT2D eigenvalue weighted by Crippen LogP contribution is -2.10. The number of rotatable bonds is 3. The zero-order valence-corrected chi connectivity index (χ0v) is 9.61. The minimum atomic E-state index is -1.03. The van der Waals surface area contributed by atoms with Crippen LogP contribution in [0.15, 0.2) is 12.1 Å². The SMILES string of the molecule is COC(=O)CCn1c(N)nc2ccc(F)c(F)c21. The second-order valence-electron chi connectivity index (χ2n) is 3.68. The average Bonchev–Trinajstić information content (AvgIpc) is 2.68. The molecule has 1 aromatic carbocycles. The maximum Gasteiger partial charge on any atom is 0.307 e. The van der Waals surface area contributed by atoms with Gasteiger partial charge >= 0.3 is 5.97 Å². The van der Waals surface area contributed by atoms with E-state index in [1.807, 2.05) is 0 Å². The molecule has 0 radical (unpaired) electrons. The molecule has 0 saturated heterocycles. The Hall–Kier alpha value is -2.18. The van der Waals surface area contributed by atoms with E-state index in [1.165, 1.54) is 17.7 Å². The average molecular weight is 255 g/mol. The fourth-order valence-corrected chi connectivity index (χ4v) is 1.71. The summed E-state index contributed by atoms with van der Waals surface area (Å²) >= 11 is 0. The van der Waals surface area contributed by atoms with Gasteiger partial charge in [0.25, 0.3) is 0 Å². The molecule has 96 valence electrons. The minimum absolute atomic E-state index is 0.00210. The van der Waals surface area contributed by atoms with E-state index in [2.05, 4.69) is 9.72 Å². The molecular weight excluding hydrogens is 244 g/mol. The van der Waals surface area contributed by atoms with Crippen LogP contribution in [0.5, 0.6) is 0 Å². The van der Waals surface area contributed by atoms with Crippen molar-refractivity contribution < 1.29 is 18.3 Å². The summed E-state index contributed by atoms with van der Waals surface area (Å²) in [5, 5.41) is 0. The number of esters is 1. The summed E-state index contributed by atoms with van der Waals surface area (Å²) in [7, 11) is 1.25. The molecule has 2 N–H and O–H groups in total. The third kappa shape index (κ3) is 1.99. The molecule has 0 aliphatic heterocycles. The van der Waals surface area contributed by atoms with Crippen LogP contribution >= 0.6 is 0 Å². The summed E-state index contributed by atoms with van der Waals surface area (Å²) in [5.74, 6) is -2.45. The molecule has 0 atom stereocenters.